The molecule has 0 spiro atoms. The average molecular weight is 441 g/mol. The van der Waals surface area contributed by atoms with E-state index in [1.54, 1.807) is 24.3 Å². The first-order chi connectivity index (χ1) is 15.0. The Bertz CT molecular complexity index is 944. The fraction of sp³-hybridized carbons (Fsp3) is 0.304. The number of rotatable bonds is 9. The lowest BCUT2D eigenvalue weighted by atomic mass is 10.0. The van der Waals surface area contributed by atoms with E-state index in [0.29, 0.717) is 5.75 Å². The van der Waals surface area contributed by atoms with E-state index >= 15 is 0 Å². The summed E-state index contributed by atoms with van der Waals surface area (Å²) in [6.07, 6.45) is 2.39. The van der Waals surface area contributed by atoms with Crippen LogP contribution in [-0.4, -0.2) is 59.8 Å². The third-order valence-electron chi connectivity index (χ3n) is 5.12. The van der Waals surface area contributed by atoms with Gasteiger partial charge in [0.15, 0.2) is 0 Å². The van der Waals surface area contributed by atoms with Crippen LogP contribution in [0.3, 0.4) is 0 Å². The van der Waals surface area contributed by atoms with Crippen molar-refractivity contribution in [2.24, 2.45) is 0 Å². The highest BCUT2D eigenvalue weighted by atomic mass is 32.2. The van der Waals surface area contributed by atoms with Gasteiger partial charge in [-0.15, -0.1) is 0 Å². The van der Waals surface area contributed by atoms with E-state index in [0.717, 1.165) is 10.5 Å². The predicted molar refractivity (Wildman–Crippen MR) is 118 cm³/mol. The van der Waals surface area contributed by atoms with Crippen molar-refractivity contribution < 1.29 is 23.9 Å². The fourth-order valence-electron chi connectivity index (χ4n) is 3.55. The molecule has 8 heteroatoms. The number of fused-ring (bicyclic) bond motifs is 1. The van der Waals surface area contributed by atoms with E-state index in [2.05, 4.69) is 5.32 Å². The smallest absolute Gasteiger partial charge is 0.328 e. The monoisotopic (exact) mass is 440 g/mol. The van der Waals surface area contributed by atoms with E-state index in [9.17, 15) is 19.2 Å². The van der Waals surface area contributed by atoms with Gasteiger partial charge in [-0.25, -0.2) is 4.79 Å². The molecular weight excluding hydrogens is 416 g/mol. The SMILES string of the molecule is COC(=O)[C@@H](Cc1ccccc1)NC(=O)[C@H](CCSC)N1C(=O)c2ccccc2C1=O. The molecule has 3 amide bonds. The number of nitrogens with zero attached hydrogens (tertiary/aromatic N) is 1. The molecule has 2 aromatic carbocycles. The van der Waals surface area contributed by atoms with Crippen molar-refractivity contribution in [2.75, 3.05) is 19.1 Å². The van der Waals surface area contributed by atoms with Crippen molar-refractivity contribution in [2.45, 2.75) is 24.9 Å². The Morgan fingerprint density at radius 1 is 1.00 bits per heavy atom. The topological polar surface area (TPSA) is 92.8 Å². The number of thioether (sulfide) groups is 1. The minimum absolute atomic E-state index is 0.233. The molecule has 7 nitrogen and oxygen atoms in total. The van der Waals surface area contributed by atoms with Gasteiger partial charge in [0.05, 0.1) is 18.2 Å². The number of benzene rings is 2. The second-order valence-electron chi connectivity index (χ2n) is 7.10. The molecule has 0 saturated carbocycles. The lowest BCUT2D eigenvalue weighted by molar-refractivity contribution is -0.145. The molecule has 3 rings (SSSR count). The molecule has 0 bridgehead atoms. The molecule has 2 atom stereocenters. The number of methoxy groups -OCH3 is 1. The number of hydrogen-bond acceptors (Lipinski definition) is 6. The number of nitrogens with one attached hydrogen (secondary N) is 1. The summed E-state index contributed by atoms with van der Waals surface area (Å²) in [5.41, 5.74) is 1.41. The zero-order valence-corrected chi connectivity index (χ0v) is 18.2. The number of hydrogen-bond donors (Lipinski definition) is 1. The zero-order chi connectivity index (χ0) is 22.4. The van der Waals surface area contributed by atoms with Gasteiger partial charge < -0.3 is 10.1 Å². The Morgan fingerprint density at radius 2 is 1.58 bits per heavy atom. The highest BCUT2D eigenvalue weighted by Crippen LogP contribution is 2.26. The largest absolute Gasteiger partial charge is 0.467 e. The Morgan fingerprint density at radius 3 is 2.13 bits per heavy atom. The molecule has 0 radical (unpaired) electrons. The van der Waals surface area contributed by atoms with Crippen LogP contribution in [0.15, 0.2) is 54.6 Å². The first-order valence-corrected chi connectivity index (χ1v) is 11.2. The van der Waals surface area contributed by atoms with Gasteiger partial charge in [0.2, 0.25) is 5.91 Å². The van der Waals surface area contributed by atoms with Crippen LogP contribution in [0.4, 0.5) is 0 Å². The maximum absolute atomic E-state index is 13.2. The van der Waals surface area contributed by atoms with Gasteiger partial charge >= 0.3 is 5.97 Å². The highest BCUT2D eigenvalue weighted by Gasteiger charge is 2.43. The average Bonchev–Trinajstić information content (AvgIpc) is 3.04. The Balaban J connectivity index is 1.84. The number of carbonyl (C=O) groups is 4. The molecule has 0 unspecified atom stereocenters. The summed E-state index contributed by atoms with van der Waals surface area (Å²) in [5.74, 6) is -1.59. The standard InChI is InChI=1S/C23H24N2O5S/c1-30-23(29)18(14-15-8-4-3-5-9-15)24-20(26)19(12-13-31-2)25-21(27)16-10-6-7-11-17(16)22(25)28/h3-11,18-19H,12-14H2,1-2H3,(H,24,26)/t18-,19+/m1/s1. The van der Waals surface area contributed by atoms with E-state index in [1.807, 2.05) is 36.6 Å². The third-order valence-corrected chi connectivity index (χ3v) is 5.76. The summed E-state index contributed by atoms with van der Waals surface area (Å²) in [5, 5.41) is 2.70. The molecule has 0 aromatic heterocycles. The summed E-state index contributed by atoms with van der Waals surface area (Å²) in [7, 11) is 1.25. The van der Waals surface area contributed by atoms with Crippen molar-refractivity contribution >= 4 is 35.5 Å². The van der Waals surface area contributed by atoms with Crippen molar-refractivity contribution in [3.05, 3.63) is 71.3 Å². The van der Waals surface area contributed by atoms with Gasteiger partial charge in [-0.1, -0.05) is 42.5 Å². The van der Waals surface area contributed by atoms with Gasteiger partial charge in [0, 0.05) is 6.42 Å². The van der Waals surface area contributed by atoms with Crippen molar-refractivity contribution in [1.29, 1.82) is 0 Å². The second-order valence-corrected chi connectivity index (χ2v) is 8.08. The molecule has 162 valence electrons. The van der Waals surface area contributed by atoms with Gasteiger partial charge in [-0.2, -0.15) is 11.8 Å². The minimum atomic E-state index is -1.03. The van der Waals surface area contributed by atoms with Crippen LogP contribution in [0.2, 0.25) is 0 Å². The van der Waals surface area contributed by atoms with Crippen LogP contribution in [-0.2, 0) is 20.7 Å². The molecule has 1 N–H and O–H groups in total. The summed E-state index contributed by atoms with van der Waals surface area (Å²) >= 11 is 1.50. The maximum atomic E-state index is 13.2. The van der Waals surface area contributed by atoms with E-state index < -0.39 is 35.8 Å². The molecule has 1 heterocycles. The quantitative estimate of drug-likeness (QED) is 0.475. The van der Waals surface area contributed by atoms with Crippen molar-refractivity contribution in [1.82, 2.24) is 10.2 Å². The predicted octanol–water partition coefficient (Wildman–Crippen LogP) is 2.30. The van der Waals surface area contributed by atoms with Gasteiger partial charge in [0.25, 0.3) is 11.8 Å². The lowest BCUT2D eigenvalue weighted by Gasteiger charge is -2.27. The molecule has 0 fully saturated rings. The third kappa shape index (κ3) is 4.96. The first kappa shape index (κ1) is 22.6. The summed E-state index contributed by atoms with van der Waals surface area (Å²) in [6, 6.07) is 13.8. The Kier molecular flexibility index (Phi) is 7.46. The van der Waals surface area contributed by atoms with E-state index in [1.165, 1.54) is 18.9 Å². The molecule has 0 saturated heterocycles. The minimum Gasteiger partial charge on any atom is -0.467 e. The van der Waals surface area contributed by atoms with Gasteiger partial charge in [-0.3, -0.25) is 19.3 Å². The van der Waals surface area contributed by atoms with E-state index in [-0.39, 0.29) is 24.0 Å². The van der Waals surface area contributed by atoms with Crippen LogP contribution < -0.4 is 5.32 Å². The molecule has 31 heavy (non-hydrogen) atoms. The normalized spacial score (nSPS) is 14.7. The van der Waals surface area contributed by atoms with E-state index in [4.69, 9.17) is 4.74 Å². The zero-order valence-electron chi connectivity index (χ0n) is 17.4. The lowest BCUT2D eigenvalue weighted by Crippen LogP contribution is -2.54. The molecular formula is C23H24N2O5S. The molecule has 1 aliphatic heterocycles. The molecule has 1 aliphatic rings. The summed E-state index contributed by atoms with van der Waals surface area (Å²) in [4.78, 5) is 52.4. The number of amides is 3. The number of carbonyl (C=O) groups excluding carboxylic acids is 4. The van der Waals surface area contributed by atoms with Gasteiger partial charge in [0.1, 0.15) is 12.1 Å². The number of ether oxygens (including phenoxy) is 1. The molecule has 2 aromatic rings. The van der Waals surface area contributed by atoms with Crippen LogP contribution in [0, 0.1) is 0 Å². The number of esters is 1. The van der Waals surface area contributed by atoms with Crippen LogP contribution in [0.25, 0.3) is 0 Å². The van der Waals surface area contributed by atoms with Crippen LogP contribution >= 0.6 is 11.8 Å². The first-order valence-electron chi connectivity index (χ1n) is 9.86. The summed E-state index contributed by atoms with van der Waals surface area (Å²) < 4.78 is 4.86. The van der Waals surface area contributed by atoms with Gasteiger partial charge in [-0.05, 0) is 36.1 Å². The highest BCUT2D eigenvalue weighted by molar-refractivity contribution is 7.98. The second kappa shape index (κ2) is 10.3. The van der Waals surface area contributed by atoms with Crippen molar-refractivity contribution in [3.8, 4) is 0 Å². The maximum Gasteiger partial charge on any atom is 0.328 e. The fourth-order valence-corrected chi connectivity index (χ4v) is 4.01. The van der Waals surface area contributed by atoms with Crippen LogP contribution in [0.1, 0.15) is 32.7 Å². The molecule has 0 aliphatic carbocycles. The Labute approximate surface area is 185 Å². The number of imide groups is 1. The Hall–Kier alpha value is -3.13. The van der Waals surface area contributed by atoms with Crippen molar-refractivity contribution in [3.63, 3.8) is 0 Å². The summed E-state index contributed by atoms with van der Waals surface area (Å²) in [6.45, 7) is 0. The van der Waals surface area contributed by atoms with Crippen LogP contribution in [0.5, 0.6) is 0 Å².